The molecule has 0 saturated carbocycles. The lowest BCUT2D eigenvalue weighted by molar-refractivity contribution is -0.111. The highest BCUT2D eigenvalue weighted by molar-refractivity contribution is 6.50. The fourth-order valence-corrected chi connectivity index (χ4v) is 0.982. The molecule has 4 heteroatoms. The van der Waals surface area contributed by atoms with Gasteiger partial charge in [0.2, 0.25) is 0 Å². The van der Waals surface area contributed by atoms with E-state index in [1.165, 1.54) is 6.21 Å². The van der Waals surface area contributed by atoms with Gasteiger partial charge in [-0.3, -0.25) is 4.79 Å². The van der Waals surface area contributed by atoms with Crippen LogP contribution in [0.4, 0.5) is 0 Å². The largest absolute Gasteiger partial charge is 0.297 e. The number of amidine groups is 1. The Bertz CT molecular complexity index is 347. The molecule has 0 aliphatic carbocycles. The molecule has 0 unspecified atom stereocenters. The number of amides is 1. The van der Waals surface area contributed by atoms with Crippen molar-refractivity contribution in [2.75, 3.05) is 0 Å². The van der Waals surface area contributed by atoms with E-state index in [9.17, 15) is 4.79 Å². The molecule has 0 saturated heterocycles. The van der Waals surface area contributed by atoms with Gasteiger partial charge in [-0.05, 0) is 13.0 Å². The van der Waals surface area contributed by atoms with E-state index in [2.05, 4.69) is 15.0 Å². The summed E-state index contributed by atoms with van der Waals surface area (Å²) in [5.74, 6) is 0.313. The molecule has 2 aliphatic heterocycles. The zero-order valence-corrected chi connectivity index (χ0v) is 5.90. The van der Waals surface area contributed by atoms with Gasteiger partial charge in [-0.15, -0.1) is 0 Å². The Morgan fingerprint density at radius 2 is 2.18 bits per heavy atom. The summed E-state index contributed by atoms with van der Waals surface area (Å²) in [4.78, 5) is 22.5. The number of aliphatic imine (C=N–C) groups is 3. The van der Waals surface area contributed by atoms with Gasteiger partial charge >= 0.3 is 0 Å². The Morgan fingerprint density at radius 1 is 1.36 bits per heavy atom. The smallest absolute Gasteiger partial charge is 0.265 e. The maximum Gasteiger partial charge on any atom is 0.297 e. The van der Waals surface area contributed by atoms with Crippen LogP contribution in [0.25, 0.3) is 0 Å². The number of hydrogen-bond acceptors (Lipinski definition) is 3. The summed E-state index contributed by atoms with van der Waals surface area (Å²) in [6.45, 7) is 1.75. The summed E-state index contributed by atoms with van der Waals surface area (Å²) in [6, 6.07) is 0. The van der Waals surface area contributed by atoms with Crippen LogP contribution in [0.3, 0.4) is 0 Å². The average molecular weight is 147 g/mol. The fourth-order valence-electron chi connectivity index (χ4n) is 0.982. The first kappa shape index (κ1) is 6.15. The third kappa shape index (κ3) is 0.832. The number of carbonyl (C=O) groups excluding carboxylic acids is 1. The van der Waals surface area contributed by atoms with Crippen molar-refractivity contribution in [3.63, 3.8) is 0 Å². The average Bonchev–Trinajstić information content (AvgIpc) is 2.31. The van der Waals surface area contributed by atoms with E-state index in [0.29, 0.717) is 17.2 Å². The molecular weight excluding hydrogens is 142 g/mol. The van der Waals surface area contributed by atoms with E-state index in [4.69, 9.17) is 0 Å². The Labute approximate surface area is 63.1 Å². The van der Waals surface area contributed by atoms with Gasteiger partial charge in [0.05, 0.1) is 5.70 Å². The number of allylic oxidation sites excluding steroid dienone is 1. The third-order valence-corrected chi connectivity index (χ3v) is 1.43. The van der Waals surface area contributed by atoms with Crippen molar-refractivity contribution < 1.29 is 4.79 Å². The van der Waals surface area contributed by atoms with Gasteiger partial charge in [0.1, 0.15) is 5.84 Å². The minimum absolute atomic E-state index is 0.303. The second-order valence-electron chi connectivity index (χ2n) is 2.25. The molecule has 0 fully saturated rings. The lowest BCUT2D eigenvalue weighted by Gasteiger charge is -1.97. The molecule has 2 aliphatic rings. The fraction of sp³-hybridized carbons (Fsp3) is 0.143. The molecule has 4 nitrogen and oxygen atoms in total. The molecule has 0 bridgehead atoms. The maximum atomic E-state index is 11.0. The number of fused-ring (bicyclic) bond motifs is 1. The van der Waals surface area contributed by atoms with Crippen LogP contribution in [0.15, 0.2) is 26.8 Å². The SMILES string of the molecule is CC1=NC2=CC=NC(=O)C2=N1. The predicted octanol–water partition coefficient (Wildman–Crippen LogP) is 0.354. The van der Waals surface area contributed by atoms with Crippen LogP contribution < -0.4 is 0 Å². The Morgan fingerprint density at radius 3 is 2.91 bits per heavy atom. The van der Waals surface area contributed by atoms with Crippen molar-refractivity contribution in [3.8, 4) is 0 Å². The Hall–Kier alpha value is -1.58. The molecule has 0 aromatic rings. The zero-order valence-electron chi connectivity index (χ0n) is 5.90. The molecule has 2 heterocycles. The number of hydrogen-bond donors (Lipinski definition) is 0. The van der Waals surface area contributed by atoms with Gasteiger partial charge in [-0.25, -0.2) is 15.0 Å². The summed E-state index contributed by atoms with van der Waals surface area (Å²) < 4.78 is 0. The summed E-state index contributed by atoms with van der Waals surface area (Å²) in [5.41, 5.74) is 0.993. The van der Waals surface area contributed by atoms with Crippen molar-refractivity contribution in [2.24, 2.45) is 15.0 Å². The van der Waals surface area contributed by atoms with Crippen molar-refractivity contribution in [3.05, 3.63) is 11.8 Å². The topological polar surface area (TPSA) is 54.1 Å². The van der Waals surface area contributed by atoms with Gasteiger partial charge in [0, 0.05) is 6.21 Å². The molecule has 0 aromatic heterocycles. The van der Waals surface area contributed by atoms with E-state index >= 15 is 0 Å². The van der Waals surface area contributed by atoms with Crippen LogP contribution >= 0.6 is 0 Å². The highest BCUT2D eigenvalue weighted by atomic mass is 16.1. The highest BCUT2D eigenvalue weighted by Gasteiger charge is 2.22. The first-order chi connectivity index (χ1) is 5.27. The quantitative estimate of drug-likeness (QED) is 0.487. The van der Waals surface area contributed by atoms with E-state index in [1.54, 1.807) is 13.0 Å². The van der Waals surface area contributed by atoms with Crippen molar-refractivity contribution in [2.45, 2.75) is 6.92 Å². The van der Waals surface area contributed by atoms with Crippen LogP contribution in [-0.2, 0) is 4.79 Å². The second-order valence-corrected chi connectivity index (χ2v) is 2.25. The molecule has 1 amide bonds. The number of nitrogens with zero attached hydrogens (tertiary/aromatic N) is 3. The monoisotopic (exact) mass is 147 g/mol. The molecule has 0 aromatic carbocycles. The summed E-state index contributed by atoms with van der Waals surface area (Å²) in [5, 5.41) is 0. The summed E-state index contributed by atoms with van der Waals surface area (Å²) in [7, 11) is 0. The zero-order chi connectivity index (χ0) is 7.84. The summed E-state index contributed by atoms with van der Waals surface area (Å²) in [6.07, 6.45) is 3.12. The minimum Gasteiger partial charge on any atom is -0.265 e. The number of carbonyl (C=O) groups is 1. The molecule has 2 rings (SSSR count). The van der Waals surface area contributed by atoms with Crippen LogP contribution in [0.1, 0.15) is 6.92 Å². The van der Waals surface area contributed by atoms with Crippen molar-refractivity contribution >= 4 is 23.7 Å². The normalized spacial score (nSPS) is 20.8. The van der Waals surface area contributed by atoms with Gasteiger partial charge in [-0.1, -0.05) is 0 Å². The van der Waals surface area contributed by atoms with E-state index in [0.717, 1.165) is 0 Å². The van der Waals surface area contributed by atoms with E-state index in [1.807, 2.05) is 0 Å². The predicted molar refractivity (Wildman–Crippen MR) is 42.1 cm³/mol. The molecule has 0 atom stereocenters. The minimum atomic E-state index is -0.303. The molecule has 54 valence electrons. The van der Waals surface area contributed by atoms with Gasteiger partial charge in [-0.2, -0.15) is 0 Å². The Balaban J connectivity index is 2.53. The second kappa shape index (κ2) is 1.95. The van der Waals surface area contributed by atoms with Crippen molar-refractivity contribution in [1.29, 1.82) is 0 Å². The molecular formula is C7H5N3O. The van der Waals surface area contributed by atoms with E-state index < -0.39 is 0 Å². The Kier molecular flexibility index (Phi) is 1.09. The molecule has 11 heavy (non-hydrogen) atoms. The van der Waals surface area contributed by atoms with Gasteiger partial charge in [0.15, 0.2) is 5.71 Å². The highest BCUT2D eigenvalue weighted by Crippen LogP contribution is 2.12. The van der Waals surface area contributed by atoms with Crippen LogP contribution in [0.5, 0.6) is 0 Å². The lowest BCUT2D eigenvalue weighted by Crippen LogP contribution is -2.14. The van der Waals surface area contributed by atoms with Crippen LogP contribution in [-0.4, -0.2) is 23.7 Å². The third-order valence-electron chi connectivity index (χ3n) is 1.43. The van der Waals surface area contributed by atoms with E-state index in [-0.39, 0.29) is 5.91 Å². The van der Waals surface area contributed by atoms with Gasteiger partial charge in [0.25, 0.3) is 5.91 Å². The van der Waals surface area contributed by atoms with Crippen molar-refractivity contribution in [1.82, 2.24) is 0 Å². The maximum absolute atomic E-state index is 11.0. The first-order valence-electron chi connectivity index (χ1n) is 3.20. The molecule has 0 radical (unpaired) electrons. The molecule has 0 N–H and O–H groups in total. The first-order valence-corrected chi connectivity index (χ1v) is 3.20. The van der Waals surface area contributed by atoms with Gasteiger partial charge < -0.3 is 0 Å². The number of rotatable bonds is 0. The van der Waals surface area contributed by atoms with Crippen LogP contribution in [0, 0.1) is 0 Å². The lowest BCUT2D eigenvalue weighted by atomic mass is 10.2. The summed E-state index contributed by atoms with van der Waals surface area (Å²) >= 11 is 0. The molecule has 0 spiro atoms. The number of dihydropyridines is 1. The van der Waals surface area contributed by atoms with Crippen LogP contribution in [0.2, 0.25) is 0 Å². The standard InChI is InChI=1S/C7H5N3O/c1-4-9-5-2-3-8-7(11)6(5)10-4/h2-3H,1H3.